The molecule has 0 aliphatic carbocycles. The number of nitrogens with one attached hydrogen (secondary N) is 1. The number of ether oxygens (including phenoxy) is 2. The normalized spacial score (nSPS) is 10.0. The highest BCUT2D eigenvalue weighted by Gasteiger charge is 2.15. The molecule has 0 heterocycles. The minimum atomic E-state index is -0.375. The van der Waals surface area contributed by atoms with Crippen LogP contribution in [-0.4, -0.2) is 44.5 Å². The number of carbonyl (C=O) groups excluding carboxylic acids is 2. The van der Waals surface area contributed by atoms with Gasteiger partial charge in [-0.2, -0.15) is 0 Å². The van der Waals surface area contributed by atoms with Gasteiger partial charge in [0, 0.05) is 19.7 Å². The largest absolute Gasteiger partial charge is 0.497 e. The SMILES string of the molecule is CCCCN(C)C(=O)CC(=O)Nc1cc(OC)ccc1OC. The van der Waals surface area contributed by atoms with Crippen molar-refractivity contribution >= 4 is 17.5 Å². The van der Waals surface area contributed by atoms with Gasteiger partial charge in [-0.15, -0.1) is 0 Å². The Morgan fingerprint density at radius 3 is 2.55 bits per heavy atom. The molecule has 2 amide bonds. The lowest BCUT2D eigenvalue weighted by Crippen LogP contribution is -2.31. The molecule has 0 saturated carbocycles. The molecule has 0 radical (unpaired) electrons. The van der Waals surface area contributed by atoms with Crippen molar-refractivity contribution in [3.8, 4) is 11.5 Å². The molecule has 1 rings (SSSR count). The molecule has 1 N–H and O–H groups in total. The molecule has 0 bridgehead atoms. The molecule has 1 aromatic rings. The van der Waals surface area contributed by atoms with Crippen molar-refractivity contribution in [2.24, 2.45) is 0 Å². The van der Waals surface area contributed by atoms with E-state index in [1.807, 2.05) is 0 Å². The van der Waals surface area contributed by atoms with E-state index >= 15 is 0 Å². The Morgan fingerprint density at radius 1 is 1.23 bits per heavy atom. The number of benzene rings is 1. The molecule has 0 spiro atoms. The van der Waals surface area contributed by atoms with Crippen LogP contribution in [0.2, 0.25) is 0 Å². The monoisotopic (exact) mass is 308 g/mol. The first-order chi connectivity index (χ1) is 10.5. The van der Waals surface area contributed by atoms with Gasteiger partial charge >= 0.3 is 0 Å². The number of unbranched alkanes of at least 4 members (excludes halogenated alkanes) is 1. The lowest BCUT2D eigenvalue weighted by atomic mass is 10.2. The summed E-state index contributed by atoms with van der Waals surface area (Å²) in [4.78, 5) is 25.5. The van der Waals surface area contributed by atoms with Crippen molar-refractivity contribution in [3.05, 3.63) is 18.2 Å². The Morgan fingerprint density at radius 2 is 1.95 bits per heavy atom. The molecule has 1 aromatic carbocycles. The maximum absolute atomic E-state index is 12.0. The fourth-order valence-corrected chi connectivity index (χ4v) is 1.90. The zero-order valence-corrected chi connectivity index (χ0v) is 13.6. The average molecular weight is 308 g/mol. The van der Waals surface area contributed by atoms with Crippen LogP contribution in [0.5, 0.6) is 11.5 Å². The minimum absolute atomic E-state index is 0.194. The highest BCUT2D eigenvalue weighted by Crippen LogP contribution is 2.28. The second-order valence-electron chi connectivity index (χ2n) is 4.96. The van der Waals surface area contributed by atoms with Crippen molar-refractivity contribution in [1.82, 2.24) is 4.90 Å². The quantitative estimate of drug-likeness (QED) is 0.748. The molecule has 22 heavy (non-hydrogen) atoms. The number of amides is 2. The molecule has 0 aliphatic rings. The Hall–Kier alpha value is -2.24. The van der Waals surface area contributed by atoms with E-state index in [1.165, 1.54) is 7.11 Å². The van der Waals surface area contributed by atoms with E-state index < -0.39 is 0 Å². The maximum atomic E-state index is 12.0. The first-order valence-electron chi connectivity index (χ1n) is 7.27. The molecule has 0 aromatic heterocycles. The summed E-state index contributed by atoms with van der Waals surface area (Å²) in [7, 11) is 4.76. The van der Waals surface area contributed by atoms with Gasteiger partial charge in [-0.05, 0) is 18.6 Å². The van der Waals surface area contributed by atoms with Crippen molar-refractivity contribution in [2.75, 3.05) is 33.1 Å². The van der Waals surface area contributed by atoms with Gasteiger partial charge in [0.15, 0.2) is 0 Å². The summed E-state index contributed by atoms with van der Waals surface area (Å²) >= 11 is 0. The van der Waals surface area contributed by atoms with E-state index in [0.717, 1.165) is 12.8 Å². The summed E-state index contributed by atoms with van der Waals surface area (Å²) in [5.74, 6) is 0.538. The zero-order chi connectivity index (χ0) is 16.5. The minimum Gasteiger partial charge on any atom is -0.497 e. The number of hydrogen-bond acceptors (Lipinski definition) is 4. The second kappa shape index (κ2) is 8.92. The Bertz CT molecular complexity index is 517. The molecule has 0 atom stereocenters. The van der Waals surface area contributed by atoms with Gasteiger partial charge in [0.25, 0.3) is 0 Å². The van der Waals surface area contributed by atoms with Crippen LogP contribution in [0.3, 0.4) is 0 Å². The molecule has 122 valence electrons. The Balaban J connectivity index is 2.66. The number of hydrogen-bond donors (Lipinski definition) is 1. The van der Waals surface area contributed by atoms with Gasteiger partial charge in [-0.1, -0.05) is 13.3 Å². The van der Waals surface area contributed by atoms with Crippen LogP contribution < -0.4 is 14.8 Å². The first-order valence-corrected chi connectivity index (χ1v) is 7.27. The van der Waals surface area contributed by atoms with Crippen molar-refractivity contribution in [2.45, 2.75) is 26.2 Å². The van der Waals surface area contributed by atoms with Crippen LogP contribution in [-0.2, 0) is 9.59 Å². The van der Waals surface area contributed by atoms with E-state index in [2.05, 4.69) is 12.2 Å². The predicted molar refractivity (Wildman–Crippen MR) is 85.3 cm³/mol. The van der Waals surface area contributed by atoms with E-state index in [9.17, 15) is 9.59 Å². The third-order valence-corrected chi connectivity index (χ3v) is 3.27. The average Bonchev–Trinajstić information content (AvgIpc) is 2.52. The number of rotatable bonds is 8. The van der Waals surface area contributed by atoms with Crippen molar-refractivity contribution < 1.29 is 19.1 Å². The summed E-state index contributed by atoms with van der Waals surface area (Å²) < 4.78 is 10.3. The van der Waals surface area contributed by atoms with Gasteiger partial charge < -0.3 is 19.7 Å². The van der Waals surface area contributed by atoms with E-state index in [-0.39, 0.29) is 18.2 Å². The van der Waals surface area contributed by atoms with Crippen molar-refractivity contribution in [1.29, 1.82) is 0 Å². The molecule has 0 saturated heterocycles. The van der Waals surface area contributed by atoms with Gasteiger partial charge in [0.1, 0.15) is 17.9 Å². The van der Waals surface area contributed by atoms with Crippen LogP contribution in [0.1, 0.15) is 26.2 Å². The van der Waals surface area contributed by atoms with E-state index in [4.69, 9.17) is 9.47 Å². The predicted octanol–water partition coefficient (Wildman–Crippen LogP) is 2.29. The maximum Gasteiger partial charge on any atom is 0.233 e. The Labute approximate surface area is 131 Å². The first kappa shape index (κ1) is 17.8. The Kier molecular flexibility index (Phi) is 7.22. The van der Waals surface area contributed by atoms with Crippen LogP contribution in [0, 0.1) is 0 Å². The summed E-state index contributed by atoms with van der Waals surface area (Å²) in [6, 6.07) is 5.09. The topological polar surface area (TPSA) is 67.9 Å². The lowest BCUT2D eigenvalue weighted by molar-refractivity contribution is -0.133. The van der Waals surface area contributed by atoms with Crippen LogP contribution >= 0.6 is 0 Å². The third-order valence-electron chi connectivity index (χ3n) is 3.27. The van der Waals surface area contributed by atoms with Crippen LogP contribution in [0.25, 0.3) is 0 Å². The van der Waals surface area contributed by atoms with E-state index in [0.29, 0.717) is 23.7 Å². The lowest BCUT2D eigenvalue weighted by Gasteiger charge is -2.17. The third kappa shape index (κ3) is 5.27. The standard InChI is InChI=1S/C16H24N2O4/c1-5-6-9-18(2)16(20)11-15(19)17-13-10-12(21-3)7-8-14(13)22-4/h7-8,10H,5-6,9,11H2,1-4H3,(H,17,19). The number of nitrogens with zero attached hydrogens (tertiary/aromatic N) is 1. The fourth-order valence-electron chi connectivity index (χ4n) is 1.90. The summed E-state index contributed by atoms with van der Waals surface area (Å²) in [6.07, 6.45) is 1.74. The molecule has 0 unspecified atom stereocenters. The molecule has 0 aliphatic heterocycles. The van der Waals surface area contributed by atoms with Crippen molar-refractivity contribution in [3.63, 3.8) is 0 Å². The van der Waals surface area contributed by atoms with Gasteiger partial charge in [0.2, 0.25) is 11.8 Å². The molecular formula is C16H24N2O4. The zero-order valence-electron chi connectivity index (χ0n) is 13.6. The number of anilines is 1. The summed E-state index contributed by atoms with van der Waals surface area (Å²) in [5.41, 5.74) is 0.482. The summed E-state index contributed by atoms with van der Waals surface area (Å²) in [6.45, 7) is 2.71. The molecule has 6 heteroatoms. The molecular weight excluding hydrogens is 284 g/mol. The number of methoxy groups -OCH3 is 2. The highest BCUT2D eigenvalue weighted by atomic mass is 16.5. The van der Waals surface area contributed by atoms with Gasteiger partial charge in [-0.3, -0.25) is 9.59 Å². The van der Waals surface area contributed by atoms with Crippen LogP contribution in [0.15, 0.2) is 18.2 Å². The molecule has 6 nitrogen and oxygen atoms in total. The molecule has 0 fully saturated rings. The summed E-state index contributed by atoms with van der Waals surface area (Å²) in [5, 5.41) is 2.69. The van der Waals surface area contributed by atoms with Gasteiger partial charge in [-0.25, -0.2) is 0 Å². The van der Waals surface area contributed by atoms with E-state index in [1.54, 1.807) is 37.3 Å². The second-order valence-corrected chi connectivity index (χ2v) is 4.96. The van der Waals surface area contributed by atoms with Crippen LogP contribution in [0.4, 0.5) is 5.69 Å². The van der Waals surface area contributed by atoms with Gasteiger partial charge in [0.05, 0.1) is 19.9 Å². The fraction of sp³-hybridized carbons (Fsp3) is 0.500. The number of carbonyl (C=O) groups is 2. The smallest absolute Gasteiger partial charge is 0.233 e. The highest BCUT2D eigenvalue weighted by molar-refractivity contribution is 6.04.